The van der Waals surface area contributed by atoms with Crippen LogP contribution in [0, 0.1) is 0 Å². The lowest BCUT2D eigenvalue weighted by Crippen LogP contribution is -2.53. The normalized spacial score (nSPS) is 20.9. The molecule has 14 rings (SSSR count). The molecule has 0 radical (unpaired) electrons. The van der Waals surface area contributed by atoms with Crippen LogP contribution in [0.4, 0.5) is 11.4 Å². The zero-order valence-corrected chi connectivity index (χ0v) is 41.8. The molecule has 4 aliphatic carbocycles. The zero-order chi connectivity index (χ0) is 46.3. The number of benzene rings is 7. The van der Waals surface area contributed by atoms with Gasteiger partial charge in [-0.25, -0.2) is 0 Å². The number of para-hydroxylation sites is 1. The standard InChI is InChI=1S/C64H63BN2/c1-59(2)28-29-60(3,4)47-32-37(25-26-45(47)59)66-51-34-42-39-20-15-16-23-44(39)63(9,10)54(42)53-41-22-17-21-40-52-38-19-14-13-18-36(38)24-27-50(52)67(56(40)41)65(55(51)53)58-57(66)43-33-48-49(35-46(43)64(58,11)12)62(7,8)31-30-61(48,5)6/h13-27,32-35H,28-31H2,1-12H3. The Balaban J connectivity index is 1.20. The van der Waals surface area contributed by atoms with Gasteiger partial charge in [-0.05, 0) is 155 Å². The van der Waals surface area contributed by atoms with Crippen LogP contribution in [0.5, 0.6) is 0 Å². The highest BCUT2D eigenvalue weighted by atomic mass is 15.2. The van der Waals surface area contributed by atoms with Crippen molar-refractivity contribution in [2.24, 2.45) is 0 Å². The summed E-state index contributed by atoms with van der Waals surface area (Å²) in [7, 11) is 0. The third kappa shape index (κ3) is 4.80. The molecule has 3 heterocycles. The van der Waals surface area contributed by atoms with Crippen LogP contribution in [0.1, 0.15) is 153 Å². The van der Waals surface area contributed by atoms with Gasteiger partial charge in [0.25, 0.3) is 0 Å². The van der Waals surface area contributed by atoms with Crippen LogP contribution in [-0.4, -0.2) is 11.3 Å². The third-order valence-electron chi connectivity index (χ3n) is 19.1. The first kappa shape index (κ1) is 40.3. The van der Waals surface area contributed by atoms with E-state index in [-0.39, 0.29) is 39.3 Å². The zero-order valence-electron chi connectivity index (χ0n) is 41.8. The third-order valence-corrected chi connectivity index (χ3v) is 19.1. The van der Waals surface area contributed by atoms with Crippen LogP contribution in [0.3, 0.4) is 0 Å². The summed E-state index contributed by atoms with van der Waals surface area (Å²) in [6.45, 7) is 30.0. The summed E-state index contributed by atoms with van der Waals surface area (Å²) in [5.41, 5.74) is 27.1. The molecule has 3 heteroatoms. The highest BCUT2D eigenvalue weighted by Gasteiger charge is 2.56. The largest absolute Gasteiger partial charge is 0.376 e. The minimum absolute atomic E-state index is 0.0226. The molecule has 0 saturated heterocycles. The fourth-order valence-electron chi connectivity index (χ4n) is 15.2. The lowest BCUT2D eigenvalue weighted by molar-refractivity contribution is 0.331. The maximum Gasteiger partial charge on any atom is 0.329 e. The van der Waals surface area contributed by atoms with Gasteiger partial charge < -0.3 is 9.38 Å². The van der Waals surface area contributed by atoms with Crippen LogP contribution >= 0.6 is 0 Å². The second kappa shape index (κ2) is 12.3. The Hall–Kier alpha value is -5.80. The molecular formula is C64H63BN2. The Labute approximate surface area is 398 Å². The van der Waals surface area contributed by atoms with Gasteiger partial charge in [0.05, 0.1) is 0 Å². The van der Waals surface area contributed by atoms with E-state index in [1.807, 2.05) is 0 Å². The molecule has 1 aromatic heterocycles. The van der Waals surface area contributed by atoms with Crippen molar-refractivity contribution in [2.45, 2.75) is 141 Å². The SMILES string of the molecule is CC1(C)CCC(C)(C)c2cc(N3C4=C(B5c6c3cc3c(c6-c6cccc7c8c9ccccc9ccc8n5c67)C(C)(C)c5ccccc5-3)C(C)(C)c3cc5c(cc34)C(C)(C)CCC5(C)C)ccc21. The maximum absolute atomic E-state index is 2.84. The first-order chi connectivity index (χ1) is 31.7. The van der Waals surface area contributed by atoms with Gasteiger partial charge in [-0.3, -0.25) is 0 Å². The second-order valence-corrected chi connectivity index (χ2v) is 25.4. The second-order valence-electron chi connectivity index (χ2n) is 25.4. The lowest BCUT2D eigenvalue weighted by atomic mass is 9.40. The number of hydrogen-bond acceptors (Lipinski definition) is 1. The number of hydrogen-bond donors (Lipinski definition) is 0. The summed E-state index contributed by atoms with van der Waals surface area (Å²) in [6.07, 6.45) is 4.77. The molecule has 0 bridgehead atoms. The van der Waals surface area contributed by atoms with Gasteiger partial charge in [0.15, 0.2) is 0 Å². The average Bonchev–Trinajstić information content (AvgIpc) is 3.85. The van der Waals surface area contributed by atoms with Gasteiger partial charge in [0.2, 0.25) is 0 Å². The van der Waals surface area contributed by atoms with E-state index in [9.17, 15) is 0 Å². The summed E-state index contributed by atoms with van der Waals surface area (Å²) in [4.78, 5) is 2.81. The van der Waals surface area contributed by atoms with E-state index in [1.54, 1.807) is 5.56 Å². The molecule has 0 saturated carbocycles. The highest BCUT2D eigenvalue weighted by Crippen LogP contribution is 2.63. The predicted molar refractivity (Wildman–Crippen MR) is 286 cm³/mol. The first-order valence-corrected chi connectivity index (χ1v) is 25.4. The quantitative estimate of drug-likeness (QED) is 0.149. The molecule has 2 aliphatic heterocycles. The average molecular weight is 871 g/mol. The minimum atomic E-state index is -0.283. The number of anilines is 2. The summed E-state index contributed by atoms with van der Waals surface area (Å²) >= 11 is 0. The van der Waals surface area contributed by atoms with Crippen LogP contribution in [0.25, 0.3) is 60.5 Å². The molecule has 0 amide bonds. The molecule has 332 valence electrons. The molecule has 2 nitrogen and oxygen atoms in total. The van der Waals surface area contributed by atoms with Crippen molar-refractivity contribution in [3.63, 3.8) is 0 Å². The number of rotatable bonds is 1. The summed E-state index contributed by atoms with van der Waals surface area (Å²) < 4.78 is 2.84. The van der Waals surface area contributed by atoms with Gasteiger partial charge >= 0.3 is 6.85 Å². The molecule has 8 aromatic rings. The Morgan fingerprint density at radius 2 is 1.09 bits per heavy atom. The summed E-state index contributed by atoms with van der Waals surface area (Å²) in [6, 6.07) is 46.2. The van der Waals surface area contributed by atoms with Crippen LogP contribution in [-0.2, 0) is 32.5 Å². The van der Waals surface area contributed by atoms with E-state index in [2.05, 4.69) is 208 Å². The fourth-order valence-corrected chi connectivity index (χ4v) is 15.2. The van der Waals surface area contributed by atoms with Crippen molar-refractivity contribution < 1.29 is 0 Å². The Morgan fingerprint density at radius 3 is 1.84 bits per heavy atom. The number of fused-ring (bicyclic) bond motifs is 16. The van der Waals surface area contributed by atoms with Crippen molar-refractivity contribution in [3.8, 4) is 22.3 Å². The van der Waals surface area contributed by atoms with Gasteiger partial charge in [-0.15, -0.1) is 0 Å². The number of aromatic nitrogens is 1. The predicted octanol–water partition coefficient (Wildman–Crippen LogP) is 16.1. The Kier molecular flexibility index (Phi) is 7.37. The van der Waals surface area contributed by atoms with Crippen molar-refractivity contribution in [2.75, 3.05) is 4.90 Å². The van der Waals surface area contributed by atoms with Gasteiger partial charge in [0, 0.05) is 60.8 Å². The molecule has 0 fully saturated rings. The van der Waals surface area contributed by atoms with E-state index in [0.717, 1.165) is 0 Å². The molecular weight excluding hydrogens is 808 g/mol. The molecule has 6 aliphatic rings. The smallest absolute Gasteiger partial charge is 0.329 e. The summed E-state index contributed by atoms with van der Waals surface area (Å²) in [5, 5.41) is 5.37. The van der Waals surface area contributed by atoms with E-state index >= 15 is 0 Å². The van der Waals surface area contributed by atoms with Crippen molar-refractivity contribution in [3.05, 3.63) is 165 Å². The van der Waals surface area contributed by atoms with Gasteiger partial charge in [-0.2, -0.15) is 0 Å². The minimum Gasteiger partial charge on any atom is -0.376 e. The topological polar surface area (TPSA) is 8.17 Å². The summed E-state index contributed by atoms with van der Waals surface area (Å²) in [5.74, 6) is 0. The van der Waals surface area contributed by atoms with Crippen LogP contribution in [0.15, 0.2) is 121 Å². The maximum atomic E-state index is 2.84. The van der Waals surface area contributed by atoms with Gasteiger partial charge in [0.1, 0.15) is 0 Å². The van der Waals surface area contributed by atoms with Gasteiger partial charge in [-0.1, -0.05) is 168 Å². The van der Waals surface area contributed by atoms with E-state index in [1.165, 1.54) is 147 Å². The van der Waals surface area contributed by atoms with E-state index in [4.69, 9.17) is 0 Å². The molecule has 67 heavy (non-hydrogen) atoms. The molecule has 0 N–H and O–H groups in total. The van der Waals surface area contributed by atoms with E-state index in [0.29, 0.717) is 0 Å². The van der Waals surface area contributed by atoms with Crippen molar-refractivity contribution in [1.82, 2.24) is 4.48 Å². The number of nitrogens with zero attached hydrogens (tertiary/aromatic N) is 2. The molecule has 0 unspecified atom stereocenters. The van der Waals surface area contributed by atoms with Crippen LogP contribution < -0.4 is 10.4 Å². The van der Waals surface area contributed by atoms with E-state index < -0.39 is 0 Å². The molecule has 0 spiro atoms. The Bertz CT molecular complexity index is 3650. The number of allylic oxidation sites excluding steroid dienone is 1. The van der Waals surface area contributed by atoms with Crippen molar-refractivity contribution in [1.29, 1.82) is 0 Å². The first-order valence-electron chi connectivity index (χ1n) is 25.4. The monoisotopic (exact) mass is 871 g/mol. The molecule has 0 atom stereocenters. The van der Waals surface area contributed by atoms with Crippen molar-refractivity contribution >= 4 is 62.0 Å². The van der Waals surface area contributed by atoms with Crippen LogP contribution in [0.2, 0.25) is 0 Å². The molecule has 7 aromatic carbocycles. The highest BCUT2D eigenvalue weighted by molar-refractivity contribution is 6.86. The Morgan fingerprint density at radius 1 is 0.463 bits per heavy atom. The lowest BCUT2D eigenvalue weighted by Gasteiger charge is -2.45. The fraction of sp³-hybridized carbons (Fsp3) is 0.344.